The van der Waals surface area contributed by atoms with E-state index in [0.717, 1.165) is 22.2 Å². The normalized spacial score (nSPS) is 10.8. The number of nitrogens with one attached hydrogen (secondary N) is 1. The van der Waals surface area contributed by atoms with E-state index in [-0.39, 0.29) is 0 Å². The van der Waals surface area contributed by atoms with E-state index in [1.54, 1.807) is 25.3 Å². The maximum atomic E-state index is 11.7. The minimum Gasteiger partial charge on any atom is -0.493 e. The lowest BCUT2D eigenvalue weighted by molar-refractivity contribution is 0.0601. The van der Waals surface area contributed by atoms with Crippen molar-refractivity contribution < 1.29 is 19.0 Å². The van der Waals surface area contributed by atoms with Gasteiger partial charge in [0, 0.05) is 10.6 Å². The Labute approximate surface area is 178 Å². The second-order valence-electron chi connectivity index (χ2n) is 6.59. The van der Waals surface area contributed by atoms with Crippen molar-refractivity contribution >= 4 is 28.6 Å². The number of fused-ring (bicyclic) bond motifs is 1. The number of aromatic amines is 1. The first-order valence-corrected chi connectivity index (χ1v) is 9.59. The van der Waals surface area contributed by atoms with Crippen LogP contribution in [0.3, 0.4) is 0 Å². The average Bonchev–Trinajstić information content (AvgIpc) is 3.21. The molecule has 1 N–H and O–H groups in total. The minimum atomic E-state index is -0.392. The van der Waals surface area contributed by atoms with Gasteiger partial charge in [-0.3, -0.25) is 0 Å². The SMILES string of the molecule is COC(=O)c1ccc2nc(-c3ccc(OCc4ccc(Cl)cc4)c(OC)c3)[nH]c2c1. The van der Waals surface area contributed by atoms with Crippen LogP contribution >= 0.6 is 11.6 Å². The summed E-state index contributed by atoms with van der Waals surface area (Å²) in [5, 5.41) is 0.685. The summed E-state index contributed by atoms with van der Waals surface area (Å²) in [4.78, 5) is 19.6. The summed E-state index contributed by atoms with van der Waals surface area (Å²) in [5.74, 6) is 1.49. The first-order valence-electron chi connectivity index (χ1n) is 9.21. The molecule has 7 heteroatoms. The lowest BCUT2D eigenvalue weighted by Gasteiger charge is -2.12. The van der Waals surface area contributed by atoms with Crippen molar-refractivity contribution in [1.29, 1.82) is 0 Å². The molecule has 30 heavy (non-hydrogen) atoms. The number of imidazole rings is 1. The number of methoxy groups -OCH3 is 2. The van der Waals surface area contributed by atoms with E-state index in [2.05, 4.69) is 9.97 Å². The highest BCUT2D eigenvalue weighted by atomic mass is 35.5. The van der Waals surface area contributed by atoms with E-state index in [1.807, 2.05) is 42.5 Å². The van der Waals surface area contributed by atoms with Crippen molar-refractivity contribution in [2.45, 2.75) is 6.61 Å². The summed E-state index contributed by atoms with van der Waals surface area (Å²) in [6.45, 7) is 0.397. The Morgan fingerprint density at radius 1 is 1.00 bits per heavy atom. The summed E-state index contributed by atoms with van der Waals surface area (Å²) in [7, 11) is 2.95. The predicted octanol–water partition coefficient (Wildman–Crippen LogP) is 5.26. The van der Waals surface area contributed by atoms with E-state index < -0.39 is 5.97 Å². The topological polar surface area (TPSA) is 73.4 Å². The number of benzene rings is 3. The Morgan fingerprint density at radius 3 is 2.53 bits per heavy atom. The van der Waals surface area contributed by atoms with Crippen molar-refractivity contribution in [2.75, 3.05) is 14.2 Å². The number of aromatic nitrogens is 2. The van der Waals surface area contributed by atoms with Crippen molar-refractivity contribution in [3.8, 4) is 22.9 Å². The Bertz CT molecular complexity index is 1200. The van der Waals surface area contributed by atoms with Gasteiger partial charge in [-0.2, -0.15) is 0 Å². The molecule has 6 nitrogen and oxygen atoms in total. The van der Waals surface area contributed by atoms with Gasteiger partial charge in [0.2, 0.25) is 0 Å². The Kier molecular flexibility index (Phi) is 5.59. The Balaban J connectivity index is 1.58. The summed E-state index contributed by atoms with van der Waals surface area (Å²) < 4.78 is 16.2. The number of carbonyl (C=O) groups is 1. The number of rotatable bonds is 6. The molecule has 0 atom stereocenters. The monoisotopic (exact) mass is 422 g/mol. The van der Waals surface area contributed by atoms with Crippen LogP contribution in [0, 0.1) is 0 Å². The fraction of sp³-hybridized carbons (Fsp3) is 0.130. The van der Waals surface area contributed by atoms with Gasteiger partial charge in [-0.15, -0.1) is 0 Å². The molecule has 0 aliphatic carbocycles. The molecule has 4 aromatic rings. The zero-order chi connectivity index (χ0) is 21.1. The van der Waals surface area contributed by atoms with Crippen molar-refractivity contribution in [2.24, 2.45) is 0 Å². The van der Waals surface area contributed by atoms with Crippen LogP contribution in [0.15, 0.2) is 60.7 Å². The number of ether oxygens (including phenoxy) is 3. The lowest BCUT2D eigenvalue weighted by atomic mass is 10.2. The first-order chi connectivity index (χ1) is 14.6. The van der Waals surface area contributed by atoms with Gasteiger partial charge in [-0.1, -0.05) is 23.7 Å². The van der Waals surface area contributed by atoms with Gasteiger partial charge in [0.05, 0.1) is 30.8 Å². The van der Waals surface area contributed by atoms with Crippen molar-refractivity contribution in [1.82, 2.24) is 9.97 Å². The highest BCUT2D eigenvalue weighted by Gasteiger charge is 2.13. The largest absolute Gasteiger partial charge is 0.493 e. The van der Waals surface area contributed by atoms with Crippen LogP contribution in [0.25, 0.3) is 22.4 Å². The van der Waals surface area contributed by atoms with E-state index >= 15 is 0 Å². The van der Waals surface area contributed by atoms with Crippen molar-refractivity contribution in [3.05, 3.63) is 76.8 Å². The molecule has 1 heterocycles. The van der Waals surface area contributed by atoms with Crippen LogP contribution < -0.4 is 9.47 Å². The smallest absolute Gasteiger partial charge is 0.337 e. The average molecular weight is 423 g/mol. The van der Waals surface area contributed by atoms with Crippen LogP contribution in [0.1, 0.15) is 15.9 Å². The van der Waals surface area contributed by atoms with Gasteiger partial charge < -0.3 is 19.2 Å². The van der Waals surface area contributed by atoms with Gasteiger partial charge >= 0.3 is 5.97 Å². The number of halogens is 1. The zero-order valence-electron chi connectivity index (χ0n) is 16.4. The summed E-state index contributed by atoms with van der Waals surface area (Å²) in [6.07, 6.45) is 0. The third-order valence-corrected chi connectivity index (χ3v) is 4.90. The number of hydrogen-bond donors (Lipinski definition) is 1. The molecule has 0 fully saturated rings. The fourth-order valence-corrected chi connectivity index (χ4v) is 3.19. The molecular formula is C23H19ClN2O4. The van der Waals surface area contributed by atoms with Gasteiger partial charge in [-0.05, 0) is 54.1 Å². The molecule has 0 saturated heterocycles. The highest BCUT2D eigenvalue weighted by molar-refractivity contribution is 6.30. The summed E-state index contributed by atoms with van der Waals surface area (Å²) >= 11 is 5.92. The zero-order valence-corrected chi connectivity index (χ0v) is 17.2. The van der Waals surface area contributed by atoms with Gasteiger partial charge in [0.15, 0.2) is 11.5 Å². The molecule has 0 radical (unpaired) electrons. The maximum absolute atomic E-state index is 11.7. The van der Waals surface area contributed by atoms with Gasteiger partial charge in [-0.25, -0.2) is 9.78 Å². The fourth-order valence-electron chi connectivity index (χ4n) is 3.07. The number of H-pyrrole nitrogens is 1. The second kappa shape index (κ2) is 8.47. The standard InChI is InChI=1S/C23H19ClN2O4/c1-28-21-12-15(6-10-20(21)30-13-14-3-7-17(24)8-4-14)22-25-18-9-5-16(23(27)29-2)11-19(18)26-22/h3-12H,13H2,1-2H3,(H,25,26). The minimum absolute atomic E-state index is 0.392. The molecule has 0 aliphatic heterocycles. The van der Waals surface area contributed by atoms with Crippen LogP contribution in [0.2, 0.25) is 5.02 Å². The van der Waals surface area contributed by atoms with E-state index in [1.165, 1.54) is 7.11 Å². The number of carbonyl (C=O) groups excluding carboxylic acids is 1. The quantitative estimate of drug-likeness (QED) is 0.429. The molecule has 0 bridgehead atoms. The van der Waals surface area contributed by atoms with Crippen molar-refractivity contribution in [3.63, 3.8) is 0 Å². The first kappa shape index (κ1) is 19.8. The number of hydrogen-bond acceptors (Lipinski definition) is 5. The third-order valence-electron chi connectivity index (χ3n) is 4.65. The second-order valence-corrected chi connectivity index (χ2v) is 7.03. The highest BCUT2D eigenvalue weighted by Crippen LogP contribution is 2.33. The molecule has 4 rings (SSSR count). The molecule has 152 valence electrons. The molecular weight excluding hydrogens is 404 g/mol. The molecule has 1 aromatic heterocycles. The molecule has 0 spiro atoms. The van der Waals surface area contributed by atoms with E-state index in [4.69, 9.17) is 25.8 Å². The molecule has 0 saturated carbocycles. The van der Waals surface area contributed by atoms with Gasteiger partial charge in [0.1, 0.15) is 12.4 Å². The van der Waals surface area contributed by atoms with Gasteiger partial charge in [0.25, 0.3) is 0 Å². The van der Waals surface area contributed by atoms with E-state index in [9.17, 15) is 4.79 Å². The van der Waals surface area contributed by atoms with Crippen LogP contribution in [0.5, 0.6) is 11.5 Å². The summed E-state index contributed by atoms with van der Waals surface area (Å²) in [5.41, 5.74) is 3.80. The molecule has 0 amide bonds. The predicted molar refractivity (Wildman–Crippen MR) is 115 cm³/mol. The van der Waals surface area contributed by atoms with Crippen LogP contribution in [-0.4, -0.2) is 30.2 Å². The maximum Gasteiger partial charge on any atom is 0.337 e. The summed E-state index contributed by atoms with van der Waals surface area (Å²) in [6, 6.07) is 18.3. The molecule has 0 aliphatic rings. The lowest BCUT2D eigenvalue weighted by Crippen LogP contribution is -2.00. The molecule has 0 unspecified atom stereocenters. The third kappa shape index (κ3) is 4.09. The van der Waals surface area contributed by atoms with Crippen LogP contribution in [-0.2, 0) is 11.3 Å². The Morgan fingerprint density at radius 2 is 1.80 bits per heavy atom. The molecule has 3 aromatic carbocycles. The van der Waals surface area contributed by atoms with Crippen LogP contribution in [0.4, 0.5) is 0 Å². The number of esters is 1. The van der Waals surface area contributed by atoms with E-state index in [0.29, 0.717) is 34.5 Å². The Hall–Kier alpha value is -3.51. The number of nitrogens with zero attached hydrogens (tertiary/aromatic N) is 1.